The van der Waals surface area contributed by atoms with Crippen LogP contribution in [-0.2, 0) is 15.8 Å². The first-order chi connectivity index (χ1) is 20.0. The highest BCUT2D eigenvalue weighted by molar-refractivity contribution is 6.99. The Hall–Kier alpha value is -3.40. The van der Waals surface area contributed by atoms with Crippen molar-refractivity contribution in [3.63, 3.8) is 0 Å². The van der Waals surface area contributed by atoms with Gasteiger partial charge in [0.05, 0.1) is 12.5 Å². The Morgan fingerprint density at radius 1 is 0.929 bits per heavy atom. The molecule has 3 aromatic carbocycles. The molecule has 1 aliphatic carbocycles. The third-order valence-corrected chi connectivity index (χ3v) is 14.8. The Balaban J connectivity index is 1.62. The van der Waals surface area contributed by atoms with Gasteiger partial charge in [-0.05, 0) is 52.1 Å². The Bertz CT molecular complexity index is 1310. The summed E-state index contributed by atoms with van der Waals surface area (Å²) in [4.78, 5) is 15.4. The number of carbonyl (C=O) groups is 1. The van der Waals surface area contributed by atoms with Crippen LogP contribution in [0.3, 0.4) is 0 Å². The van der Waals surface area contributed by atoms with E-state index in [1.165, 1.54) is 10.4 Å². The number of nitrogens with zero attached hydrogens (tertiary/aromatic N) is 2. The quantitative estimate of drug-likeness (QED) is 0.235. The zero-order valence-corrected chi connectivity index (χ0v) is 27.1. The molecule has 0 aromatic heterocycles. The molecule has 0 bridgehead atoms. The molecule has 222 valence electrons. The molecule has 2 atom stereocenters. The van der Waals surface area contributed by atoms with Crippen molar-refractivity contribution in [3.05, 3.63) is 96.6 Å². The predicted molar refractivity (Wildman–Crippen MR) is 172 cm³/mol. The summed E-state index contributed by atoms with van der Waals surface area (Å²) >= 11 is 0. The lowest BCUT2D eigenvalue weighted by Gasteiger charge is -2.49. The van der Waals surface area contributed by atoms with Crippen LogP contribution < -0.4 is 10.4 Å². The van der Waals surface area contributed by atoms with Gasteiger partial charge in [-0.15, -0.1) is 0 Å². The van der Waals surface area contributed by atoms with Gasteiger partial charge in [-0.3, -0.25) is 0 Å². The average Bonchev–Trinajstić information content (AvgIpc) is 3.21. The summed E-state index contributed by atoms with van der Waals surface area (Å²) in [7, 11) is -2.69. The predicted octanol–water partition coefficient (Wildman–Crippen LogP) is 7.31. The number of nitriles is 1. The fourth-order valence-electron chi connectivity index (χ4n) is 6.84. The first-order valence-corrected chi connectivity index (χ1v) is 17.0. The molecule has 1 saturated carbocycles. The lowest BCUT2D eigenvalue weighted by molar-refractivity contribution is -0.0108. The molecule has 0 unspecified atom stereocenters. The maximum Gasteiger partial charge on any atom is 0.410 e. The van der Waals surface area contributed by atoms with Crippen LogP contribution in [0.1, 0.15) is 66.4 Å². The van der Waals surface area contributed by atoms with Crippen LogP contribution in [0.25, 0.3) is 0 Å². The lowest BCUT2D eigenvalue weighted by Crippen LogP contribution is -2.67. The number of amides is 1. The second-order valence-electron chi connectivity index (χ2n) is 13.3. The SMILES string of the molecule is CC1(C)[C@@H](CO[Si](c2ccccc2)(c2ccccc2)C(C)(C)C)CC[C@@]1(C)N(CCC#N)C(=O)OCc1ccccc1. The van der Waals surface area contributed by atoms with Gasteiger partial charge in [0, 0.05) is 18.7 Å². The molecular weight excluding hydrogens is 536 g/mol. The highest BCUT2D eigenvalue weighted by Gasteiger charge is 2.57. The smallest absolute Gasteiger partial charge is 0.410 e. The zero-order chi connectivity index (χ0) is 30.4. The van der Waals surface area contributed by atoms with Crippen LogP contribution >= 0.6 is 0 Å². The maximum atomic E-state index is 13.6. The van der Waals surface area contributed by atoms with E-state index in [4.69, 9.17) is 9.16 Å². The standard InChI is InChI=1S/C36H46N2O3Si/c1-34(2,3)42(31-19-12-8-13-20-31,32-21-14-9-15-22-32)41-28-30-23-24-36(6,35(30,4)5)38(26-16-25-37)33(39)40-27-29-17-10-7-11-18-29/h7-15,17-22,30H,16,23-24,26-28H2,1-6H3/t30-,36-/m1/s1. The molecule has 6 heteroatoms. The number of carbonyl (C=O) groups excluding carboxylic acids is 1. The van der Waals surface area contributed by atoms with Gasteiger partial charge in [-0.1, -0.05) is 126 Å². The molecule has 0 saturated heterocycles. The molecule has 4 rings (SSSR count). The molecule has 1 amide bonds. The van der Waals surface area contributed by atoms with Crippen molar-refractivity contribution in [1.29, 1.82) is 5.26 Å². The first kappa shape index (κ1) is 31.5. The summed E-state index contributed by atoms with van der Waals surface area (Å²) in [6.07, 6.45) is 1.64. The topological polar surface area (TPSA) is 62.6 Å². The molecule has 0 N–H and O–H groups in total. The number of ether oxygens (including phenoxy) is 1. The summed E-state index contributed by atoms with van der Waals surface area (Å²) in [5.74, 6) is 0.218. The van der Waals surface area contributed by atoms with E-state index in [9.17, 15) is 10.1 Å². The summed E-state index contributed by atoms with van der Waals surface area (Å²) in [6, 6.07) is 33.4. The van der Waals surface area contributed by atoms with Crippen LogP contribution in [-0.4, -0.2) is 38.0 Å². The van der Waals surface area contributed by atoms with E-state index in [1.54, 1.807) is 0 Å². The minimum absolute atomic E-state index is 0.109. The summed E-state index contributed by atoms with van der Waals surface area (Å²) in [5, 5.41) is 11.9. The van der Waals surface area contributed by atoms with Crippen LogP contribution in [0, 0.1) is 22.7 Å². The van der Waals surface area contributed by atoms with Crippen molar-refractivity contribution in [2.75, 3.05) is 13.2 Å². The van der Waals surface area contributed by atoms with Gasteiger partial charge in [0.25, 0.3) is 8.32 Å². The van der Waals surface area contributed by atoms with Crippen LogP contribution in [0.5, 0.6) is 0 Å². The second-order valence-corrected chi connectivity index (χ2v) is 17.6. The van der Waals surface area contributed by atoms with E-state index in [-0.39, 0.29) is 35.5 Å². The largest absolute Gasteiger partial charge is 0.445 e. The summed E-state index contributed by atoms with van der Waals surface area (Å²) in [6.45, 7) is 14.7. The van der Waals surface area contributed by atoms with Crippen molar-refractivity contribution in [3.8, 4) is 6.07 Å². The van der Waals surface area contributed by atoms with Gasteiger partial charge in [-0.25, -0.2) is 4.79 Å². The normalized spacial score (nSPS) is 20.1. The highest BCUT2D eigenvalue weighted by atomic mass is 28.4. The molecule has 42 heavy (non-hydrogen) atoms. The molecule has 1 fully saturated rings. The minimum Gasteiger partial charge on any atom is -0.445 e. The molecule has 0 spiro atoms. The van der Waals surface area contributed by atoms with Gasteiger partial charge in [0.1, 0.15) is 6.61 Å². The molecular formula is C36H46N2O3Si. The molecule has 0 aliphatic heterocycles. The Labute approximate surface area is 253 Å². The van der Waals surface area contributed by atoms with E-state index >= 15 is 0 Å². The number of hydrogen-bond acceptors (Lipinski definition) is 4. The van der Waals surface area contributed by atoms with Gasteiger partial charge < -0.3 is 14.1 Å². The number of rotatable bonds is 10. The van der Waals surface area contributed by atoms with Gasteiger partial charge in [0.15, 0.2) is 0 Å². The molecule has 0 radical (unpaired) electrons. The third kappa shape index (κ3) is 6.04. The Morgan fingerprint density at radius 2 is 1.45 bits per heavy atom. The third-order valence-electron chi connectivity index (χ3n) is 9.77. The maximum absolute atomic E-state index is 13.6. The molecule has 3 aromatic rings. The van der Waals surface area contributed by atoms with Crippen molar-refractivity contribution >= 4 is 24.8 Å². The summed E-state index contributed by atoms with van der Waals surface area (Å²) < 4.78 is 13.2. The number of hydrogen-bond donors (Lipinski definition) is 0. The van der Waals surface area contributed by atoms with Crippen molar-refractivity contribution in [2.24, 2.45) is 11.3 Å². The van der Waals surface area contributed by atoms with Crippen molar-refractivity contribution in [1.82, 2.24) is 4.90 Å². The Morgan fingerprint density at radius 3 is 1.95 bits per heavy atom. The van der Waals surface area contributed by atoms with Crippen molar-refractivity contribution < 1.29 is 14.0 Å². The Kier molecular flexibility index (Phi) is 9.65. The number of benzene rings is 3. The van der Waals surface area contributed by atoms with Crippen LogP contribution in [0.2, 0.25) is 5.04 Å². The minimum atomic E-state index is -2.69. The molecule has 5 nitrogen and oxygen atoms in total. The van der Waals surface area contributed by atoms with E-state index in [2.05, 4.69) is 108 Å². The van der Waals surface area contributed by atoms with Crippen LogP contribution in [0.4, 0.5) is 4.79 Å². The van der Waals surface area contributed by atoms with E-state index in [1.807, 2.05) is 35.2 Å². The van der Waals surface area contributed by atoms with E-state index in [0.29, 0.717) is 13.2 Å². The molecule has 1 aliphatic rings. The van der Waals surface area contributed by atoms with Crippen molar-refractivity contribution in [2.45, 2.75) is 78.0 Å². The molecule has 0 heterocycles. The highest BCUT2D eigenvalue weighted by Crippen LogP contribution is 2.54. The van der Waals surface area contributed by atoms with Crippen LogP contribution in [0.15, 0.2) is 91.0 Å². The second kappa shape index (κ2) is 12.9. The summed E-state index contributed by atoms with van der Waals surface area (Å²) in [5.41, 5.74) is 0.176. The van der Waals surface area contributed by atoms with Gasteiger partial charge >= 0.3 is 6.09 Å². The fraction of sp³-hybridized carbons (Fsp3) is 0.444. The van der Waals surface area contributed by atoms with Gasteiger partial charge in [-0.2, -0.15) is 5.26 Å². The van der Waals surface area contributed by atoms with Gasteiger partial charge in [0.2, 0.25) is 0 Å². The van der Waals surface area contributed by atoms with E-state index < -0.39 is 13.9 Å². The zero-order valence-electron chi connectivity index (χ0n) is 26.1. The average molecular weight is 583 g/mol. The fourth-order valence-corrected chi connectivity index (χ4v) is 11.4. The van der Waals surface area contributed by atoms with E-state index in [0.717, 1.165) is 18.4 Å². The lowest BCUT2D eigenvalue weighted by atomic mass is 9.70. The monoisotopic (exact) mass is 582 g/mol. The first-order valence-electron chi connectivity index (χ1n) is 15.1.